The van der Waals surface area contributed by atoms with Gasteiger partial charge in [-0.15, -0.1) is 0 Å². The molecular weight excluding hydrogens is 490 g/mol. The van der Waals surface area contributed by atoms with Gasteiger partial charge in [0.15, 0.2) is 5.13 Å². The maximum Gasteiger partial charge on any atom is 0.350 e. The molecule has 37 heavy (non-hydrogen) atoms. The number of pyridine rings is 1. The summed E-state index contributed by atoms with van der Waals surface area (Å²) in [4.78, 5) is 47.8. The number of Topliss-reactive ketones (excluding diaryl/α,β-unsaturated/α-hetero) is 1. The predicted octanol–water partition coefficient (Wildman–Crippen LogP) is 3.92. The summed E-state index contributed by atoms with van der Waals surface area (Å²) in [5.74, 6) is 2.23. The normalized spacial score (nSPS) is 15.5. The Morgan fingerprint density at radius 3 is 2.65 bits per heavy atom. The summed E-state index contributed by atoms with van der Waals surface area (Å²) < 4.78 is 5.16. The van der Waals surface area contributed by atoms with E-state index in [2.05, 4.69) is 31.2 Å². The van der Waals surface area contributed by atoms with Crippen molar-refractivity contribution < 1.29 is 14.3 Å². The third-order valence-electron chi connectivity index (χ3n) is 6.84. The van der Waals surface area contributed by atoms with Gasteiger partial charge >= 0.3 is 5.97 Å². The van der Waals surface area contributed by atoms with Crippen LogP contribution in [0.4, 0.5) is 22.7 Å². The Labute approximate surface area is 220 Å². The van der Waals surface area contributed by atoms with E-state index in [-0.39, 0.29) is 17.7 Å². The van der Waals surface area contributed by atoms with Gasteiger partial charge in [0.1, 0.15) is 22.3 Å². The number of esters is 1. The van der Waals surface area contributed by atoms with Crippen molar-refractivity contribution in [3.05, 3.63) is 46.2 Å². The van der Waals surface area contributed by atoms with Gasteiger partial charge in [0.2, 0.25) is 5.95 Å². The largest absolute Gasteiger partial charge is 0.462 e. The lowest BCUT2D eigenvalue weighted by atomic mass is 9.93. The topological polar surface area (TPSA) is 113 Å². The number of piperidine rings is 1. The predicted molar refractivity (Wildman–Crippen MR) is 143 cm³/mol. The van der Waals surface area contributed by atoms with E-state index in [1.165, 1.54) is 11.3 Å². The lowest BCUT2D eigenvalue weighted by Crippen LogP contribution is -2.37. The van der Waals surface area contributed by atoms with E-state index in [1.807, 2.05) is 12.3 Å². The minimum absolute atomic E-state index is 0.116. The van der Waals surface area contributed by atoms with E-state index in [9.17, 15) is 9.59 Å². The van der Waals surface area contributed by atoms with Crippen molar-refractivity contribution in [2.45, 2.75) is 46.6 Å². The molecule has 3 aromatic heterocycles. The van der Waals surface area contributed by atoms with Crippen LogP contribution in [0.5, 0.6) is 0 Å². The van der Waals surface area contributed by atoms with Gasteiger partial charge in [0.25, 0.3) is 0 Å². The van der Waals surface area contributed by atoms with Crippen LogP contribution in [0.25, 0.3) is 0 Å². The first-order valence-electron chi connectivity index (χ1n) is 12.6. The zero-order chi connectivity index (χ0) is 25.9. The molecule has 0 amide bonds. The monoisotopic (exact) mass is 521 g/mol. The summed E-state index contributed by atoms with van der Waals surface area (Å²) in [5, 5.41) is 3.78. The van der Waals surface area contributed by atoms with Gasteiger partial charge in [-0.05, 0) is 51.7 Å². The maximum absolute atomic E-state index is 12.3. The molecule has 5 heterocycles. The number of hydrogen-bond donors (Lipinski definition) is 1. The highest BCUT2D eigenvalue weighted by molar-refractivity contribution is 7.17. The number of rotatable bonds is 8. The Morgan fingerprint density at radius 1 is 1.16 bits per heavy atom. The summed E-state index contributed by atoms with van der Waals surface area (Å²) in [7, 11) is 0. The highest BCUT2D eigenvalue weighted by Gasteiger charge is 2.31. The quantitative estimate of drug-likeness (QED) is 0.438. The van der Waals surface area contributed by atoms with Crippen LogP contribution >= 0.6 is 11.3 Å². The van der Waals surface area contributed by atoms with Crippen molar-refractivity contribution in [1.82, 2.24) is 19.9 Å². The second-order valence-corrected chi connectivity index (χ2v) is 10.4. The van der Waals surface area contributed by atoms with Crippen molar-refractivity contribution >= 4 is 45.8 Å². The number of fused-ring (bicyclic) bond motifs is 1. The Bertz CT molecular complexity index is 1290. The average Bonchev–Trinajstić information content (AvgIpc) is 3.47. The Morgan fingerprint density at radius 2 is 1.95 bits per heavy atom. The third-order valence-corrected chi connectivity index (χ3v) is 7.89. The molecule has 0 aliphatic carbocycles. The number of aromatic nitrogens is 4. The van der Waals surface area contributed by atoms with E-state index in [0.29, 0.717) is 34.8 Å². The second kappa shape index (κ2) is 10.8. The highest BCUT2D eigenvalue weighted by atomic mass is 32.1. The molecule has 0 radical (unpaired) electrons. The molecule has 0 atom stereocenters. The zero-order valence-corrected chi connectivity index (χ0v) is 22.2. The van der Waals surface area contributed by atoms with E-state index < -0.39 is 0 Å². The first-order chi connectivity index (χ1) is 17.9. The fourth-order valence-corrected chi connectivity index (χ4v) is 5.77. The number of nitrogens with one attached hydrogen (secondary N) is 1. The lowest BCUT2D eigenvalue weighted by molar-refractivity contribution is -0.121. The molecule has 0 saturated carbocycles. The van der Waals surface area contributed by atoms with Crippen LogP contribution in [0.15, 0.2) is 24.5 Å². The van der Waals surface area contributed by atoms with Crippen LogP contribution in [-0.2, 0) is 22.5 Å². The van der Waals surface area contributed by atoms with Gasteiger partial charge in [-0.2, -0.15) is 9.97 Å². The molecule has 1 saturated heterocycles. The van der Waals surface area contributed by atoms with E-state index in [1.54, 1.807) is 27.0 Å². The van der Waals surface area contributed by atoms with Crippen molar-refractivity contribution in [3.8, 4) is 0 Å². The summed E-state index contributed by atoms with van der Waals surface area (Å²) in [6.07, 6.45) is 6.15. The number of thiazole rings is 1. The molecule has 0 aromatic carbocycles. The summed E-state index contributed by atoms with van der Waals surface area (Å²) in [6, 6.07) is 4.00. The molecule has 2 aliphatic heterocycles. The average molecular weight is 522 g/mol. The van der Waals surface area contributed by atoms with Gasteiger partial charge in [-0.3, -0.25) is 15.1 Å². The van der Waals surface area contributed by atoms with Gasteiger partial charge in [0, 0.05) is 50.1 Å². The summed E-state index contributed by atoms with van der Waals surface area (Å²) >= 11 is 1.23. The summed E-state index contributed by atoms with van der Waals surface area (Å²) in [6.45, 7) is 8.65. The second-order valence-electron chi connectivity index (χ2n) is 9.36. The highest BCUT2D eigenvalue weighted by Crippen LogP contribution is 2.37. The zero-order valence-electron chi connectivity index (χ0n) is 21.4. The molecule has 2 aliphatic rings. The van der Waals surface area contributed by atoms with Gasteiger partial charge in [-0.25, -0.2) is 9.78 Å². The van der Waals surface area contributed by atoms with Crippen molar-refractivity contribution in [2.24, 2.45) is 5.92 Å². The molecule has 1 N–H and O–H groups in total. The third kappa shape index (κ3) is 5.41. The molecule has 11 heteroatoms. The molecule has 3 aromatic rings. The van der Waals surface area contributed by atoms with Gasteiger partial charge in [0.05, 0.1) is 12.3 Å². The number of ether oxygens (including phenoxy) is 1. The van der Waals surface area contributed by atoms with Gasteiger partial charge in [-0.1, -0.05) is 17.4 Å². The van der Waals surface area contributed by atoms with Crippen molar-refractivity contribution in [1.29, 1.82) is 0 Å². The molecule has 0 unspecified atom stereocenters. The van der Waals surface area contributed by atoms with E-state index in [0.717, 1.165) is 61.7 Å². The van der Waals surface area contributed by atoms with Crippen LogP contribution in [0.1, 0.15) is 53.2 Å². The standard InChI is InChI=1S/C26H31N7O3S/c1-4-36-24(35)21-16(2)28-26(37-21)31-25-29-22(32-11-7-19(8-12-32)17(3)34)20-9-13-33(23(20)30-25)15-18-6-5-10-27-14-18/h5-6,10,14,19H,4,7-9,11-13,15H2,1-3H3,(H,28,29,30,31). The smallest absolute Gasteiger partial charge is 0.350 e. The Hall–Kier alpha value is -3.60. The van der Waals surface area contributed by atoms with E-state index >= 15 is 0 Å². The number of carbonyl (C=O) groups excluding carboxylic acids is 2. The number of ketones is 1. The first kappa shape index (κ1) is 25.1. The van der Waals surface area contributed by atoms with Crippen LogP contribution in [0.3, 0.4) is 0 Å². The molecular formula is C26H31N7O3S. The minimum Gasteiger partial charge on any atom is -0.462 e. The molecule has 0 bridgehead atoms. The fourth-order valence-electron chi connectivity index (χ4n) is 4.91. The number of aryl methyl sites for hydroxylation is 1. The molecule has 5 rings (SSSR count). The van der Waals surface area contributed by atoms with Crippen molar-refractivity contribution in [2.75, 3.05) is 41.4 Å². The van der Waals surface area contributed by atoms with Gasteiger partial charge < -0.3 is 14.5 Å². The first-order valence-corrected chi connectivity index (χ1v) is 13.5. The Balaban J connectivity index is 1.46. The number of nitrogens with zero attached hydrogens (tertiary/aromatic N) is 6. The maximum atomic E-state index is 12.3. The number of carbonyl (C=O) groups is 2. The Kier molecular flexibility index (Phi) is 7.31. The fraction of sp³-hybridized carbons (Fsp3) is 0.462. The van der Waals surface area contributed by atoms with Crippen molar-refractivity contribution in [3.63, 3.8) is 0 Å². The SMILES string of the molecule is CCOC(=O)c1sc(Nc2nc(N3CCC(C(C)=O)CC3)c3c(n2)N(Cc2cccnc2)CC3)nc1C. The van der Waals surface area contributed by atoms with Crippen LogP contribution in [-0.4, -0.2) is 57.9 Å². The summed E-state index contributed by atoms with van der Waals surface area (Å²) in [5.41, 5.74) is 2.84. The molecule has 0 spiro atoms. The van der Waals surface area contributed by atoms with E-state index in [4.69, 9.17) is 14.7 Å². The minimum atomic E-state index is -0.378. The van der Waals surface area contributed by atoms with Crippen LogP contribution in [0, 0.1) is 12.8 Å². The number of hydrogen-bond acceptors (Lipinski definition) is 11. The molecule has 1 fully saturated rings. The molecule has 10 nitrogen and oxygen atoms in total. The molecule has 194 valence electrons. The number of anilines is 4. The van der Waals surface area contributed by atoms with Crippen LogP contribution in [0.2, 0.25) is 0 Å². The van der Waals surface area contributed by atoms with Crippen LogP contribution < -0.4 is 15.1 Å². The lowest BCUT2D eigenvalue weighted by Gasteiger charge is -2.33.